The van der Waals surface area contributed by atoms with E-state index in [0.717, 1.165) is 12.8 Å². The zero-order valence-corrected chi connectivity index (χ0v) is 19.6. The number of ether oxygens (including phenoxy) is 1. The maximum atomic E-state index is 13.5. The fraction of sp³-hybridized carbons (Fsp3) is 0.773. The molecule has 3 fully saturated rings. The Balaban J connectivity index is 1.47. The molecule has 1 aromatic rings. The third kappa shape index (κ3) is 4.55. The molecule has 1 saturated heterocycles. The fourth-order valence-electron chi connectivity index (χ4n) is 5.27. The molecule has 1 aromatic heterocycles. The summed E-state index contributed by atoms with van der Waals surface area (Å²) in [6, 6.07) is 0.0149. The van der Waals surface area contributed by atoms with Crippen molar-refractivity contribution in [2.45, 2.75) is 68.8 Å². The lowest BCUT2D eigenvalue weighted by Gasteiger charge is -2.55. The van der Waals surface area contributed by atoms with Gasteiger partial charge in [-0.05, 0) is 52.5 Å². The fourth-order valence-corrected chi connectivity index (χ4v) is 5.27. The normalized spacial score (nSPS) is 27.3. The minimum Gasteiger partial charge on any atom is -0.365 e. The summed E-state index contributed by atoms with van der Waals surface area (Å²) in [7, 11) is 1.82. The SMILES string of the molecule is CCOC1(C(F)(F)F)CN([C@H]2CC[C@](CNC)(n3cc(C(N)=O)c(NC(=O)C4CC4)n3)CC2)C1. The Morgan fingerprint density at radius 1 is 1.24 bits per heavy atom. The first-order chi connectivity index (χ1) is 16.0. The van der Waals surface area contributed by atoms with Crippen LogP contribution in [-0.2, 0) is 15.1 Å². The van der Waals surface area contributed by atoms with Crippen LogP contribution in [0.3, 0.4) is 0 Å². The summed E-state index contributed by atoms with van der Waals surface area (Å²) in [5.41, 5.74) is 3.14. The Morgan fingerprint density at radius 2 is 1.88 bits per heavy atom. The number of hydrogen-bond donors (Lipinski definition) is 3. The quantitative estimate of drug-likeness (QED) is 0.491. The highest BCUT2D eigenvalue weighted by Crippen LogP contribution is 2.45. The van der Waals surface area contributed by atoms with E-state index in [9.17, 15) is 22.8 Å². The highest BCUT2D eigenvalue weighted by atomic mass is 19.4. The molecule has 0 radical (unpaired) electrons. The third-order valence-corrected chi connectivity index (χ3v) is 7.42. The van der Waals surface area contributed by atoms with Gasteiger partial charge in [-0.1, -0.05) is 0 Å². The number of aromatic nitrogens is 2. The molecule has 4 rings (SSSR count). The minimum atomic E-state index is -4.40. The number of anilines is 1. The van der Waals surface area contributed by atoms with E-state index in [0.29, 0.717) is 32.2 Å². The third-order valence-electron chi connectivity index (χ3n) is 7.42. The van der Waals surface area contributed by atoms with Crippen molar-refractivity contribution in [2.75, 3.05) is 38.6 Å². The van der Waals surface area contributed by atoms with Crippen molar-refractivity contribution >= 4 is 17.6 Å². The molecule has 34 heavy (non-hydrogen) atoms. The second-order valence-corrected chi connectivity index (χ2v) is 9.78. The number of hydrogen-bond acceptors (Lipinski definition) is 6. The molecular formula is C22H33F3N6O3. The highest BCUT2D eigenvalue weighted by molar-refractivity contribution is 6.02. The number of primary amides is 1. The predicted octanol–water partition coefficient (Wildman–Crippen LogP) is 1.84. The number of halogens is 3. The average molecular weight is 487 g/mol. The number of nitrogens with two attached hydrogens (primary N) is 1. The summed E-state index contributed by atoms with van der Waals surface area (Å²) in [6.45, 7) is 1.85. The van der Waals surface area contributed by atoms with E-state index in [1.807, 2.05) is 11.9 Å². The first kappa shape index (κ1) is 24.9. The Bertz CT molecular complexity index is 915. The van der Waals surface area contributed by atoms with E-state index in [4.69, 9.17) is 10.5 Å². The van der Waals surface area contributed by atoms with Crippen molar-refractivity contribution in [3.05, 3.63) is 11.8 Å². The van der Waals surface area contributed by atoms with Gasteiger partial charge in [0, 0.05) is 44.4 Å². The number of likely N-dealkylation sites (tertiary alicyclic amines) is 1. The van der Waals surface area contributed by atoms with Crippen molar-refractivity contribution in [1.29, 1.82) is 0 Å². The molecule has 1 aliphatic heterocycles. The number of carbonyl (C=O) groups excluding carboxylic acids is 2. The standard InChI is InChI=1S/C22H33F3N6O3/c1-3-34-21(22(23,24)25)12-30(13-21)15-6-8-20(9-7-15,11-27-2)31-10-16(17(26)32)18(29-31)28-19(33)14-4-5-14/h10,14-15,27H,3-9,11-13H2,1-2H3,(H2,26,32)(H,28,29,33)/t15-,20-. The van der Waals surface area contributed by atoms with Gasteiger partial charge in [0.15, 0.2) is 11.4 Å². The Labute approximate surface area is 196 Å². The van der Waals surface area contributed by atoms with Crippen LogP contribution in [0.4, 0.5) is 19.0 Å². The largest absolute Gasteiger partial charge is 0.419 e. The molecule has 0 unspecified atom stereocenters. The van der Waals surface area contributed by atoms with Crippen LogP contribution < -0.4 is 16.4 Å². The number of alkyl halides is 3. The van der Waals surface area contributed by atoms with Gasteiger partial charge in [0.1, 0.15) is 5.56 Å². The lowest BCUT2D eigenvalue weighted by molar-refractivity contribution is -0.322. The van der Waals surface area contributed by atoms with E-state index >= 15 is 0 Å². The van der Waals surface area contributed by atoms with Crippen LogP contribution in [0.15, 0.2) is 6.20 Å². The molecular weight excluding hydrogens is 453 g/mol. The number of amides is 2. The zero-order valence-electron chi connectivity index (χ0n) is 19.6. The number of rotatable bonds is 9. The van der Waals surface area contributed by atoms with E-state index in [1.165, 1.54) is 0 Å². The lowest BCUT2D eigenvalue weighted by Crippen LogP contribution is -2.72. The summed E-state index contributed by atoms with van der Waals surface area (Å²) in [6.07, 6.45) is 1.48. The smallest absolute Gasteiger partial charge is 0.365 e. The Hall–Kier alpha value is -2.18. The molecule has 4 N–H and O–H groups in total. The van der Waals surface area contributed by atoms with Gasteiger partial charge in [-0.15, -0.1) is 0 Å². The van der Waals surface area contributed by atoms with Crippen molar-refractivity contribution in [3.63, 3.8) is 0 Å². The zero-order chi connectivity index (χ0) is 24.7. The lowest BCUT2D eigenvalue weighted by atomic mass is 9.77. The summed E-state index contributed by atoms with van der Waals surface area (Å²) in [5.74, 6) is -0.731. The van der Waals surface area contributed by atoms with Gasteiger partial charge in [0.05, 0.1) is 5.54 Å². The van der Waals surface area contributed by atoms with Gasteiger partial charge >= 0.3 is 6.18 Å². The number of likely N-dealkylation sites (N-methyl/N-ethyl adjacent to an activating group) is 1. The molecule has 2 heterocycles. The molecule has 0 aromatic carbocycles. The van der Waals surface area contributed by atoms with Crippen LogP contribution >= 0.6 is 0 Å². The van der Waals surface area contributed by atoms with Crippen LogP contribution in [0.2, 0.25) is 0 Å². The summed E-state index contributed by atoms with van der Waals surface area (Å²) < 4.78 is 47.4. The molecule has 9 nitrogen and oxygen atoms in total. The number of nitrogens with zero attached hydrogens (tertiary/aromatic N) is 3. The van der Waals surface area contributed by atoms with E-state index in [1.54, 1.807) is 17.8 Å². The van der Waals surface area contributed by atoms with E-state index in [2.05, 4.69) is 15.7 Å². The second-order valence-electron chi connectivity index (χ2n) is 9.78. The molecule has 0 atom stereocenters. The summed E-state index contributed by atoms with van der Waals surface area (Å²) >= 11 is 0. The van der Waals surface area contributed by atoms with Gasteiger partial charge in [0.25, 0.3) is 5.91 Å². The van der Waals surface area contributed by atoms with Gasteiger partial charge in [-0.25, -0.2) is 0 Å². The molecule has 190 valence electrons. The van der Waals surface area contributed by atoms with Crippen LogP contribution in [0.1, 0.15) is 55.8 Å². The molecule has 12 heteroatoms. The van der Waals surface area contributed by atoms with Crippen molar-refractivity contribution < 1.29 is 27.5 Å². The number of nitrogens with one attached hydrogen (secondary N) is 2. The van der Waals surface area contributed by atoms with Crippen LogP contribution in [-0.4, -0.2) is 77.6 Å². The molecule has 2 saturated carbocycles. The topological polar surface area (TPSA) is 115 Å². The monoisotopic (exact) mass is 486 g/mol. The maximum Gasteiger partial charge on any atom is 0.419 e. The van der Waals surface area contributed by atoms with Crippen molar-refractivity contribution in [3.8, 4) is 0 Å². The molecule has 2 amide bonds. The molecule has 0 bridgehead atoms. The minimum absolute atomic E-state index is 0.0149. The first-order valence-corrected chi connectivity index (χ1v) is 11.8. The summed E-state index contributed by atoms with van der Waals surface area (Å²) in [4.78, 5) is 26.1. The van der Waals surface area contributed by atoms with Crippen LogP contribution in [0.5, 0.6) is 0 Å². The van der Waals surface area contributed by atoms with Gasteiger partial charge in [-0.3, -0.25) is 19.2 Å². The molecule has 3 aliphatic rings. The van der Waals surface area contributed by atoms with E-state index < -0.39 is 23.2 Å². The average Bonchev–Trinajstić information content (AvgIpc) is 3.50. The van der Waals surface area contributed by atoms with Crippen molar-refractivity contribution in [2.24, 2.45) is 11.7 Å². The van der Waals surface area contributed by atoms with Crippen LogP contribution in [0, 0.1) is 5.92 Å². The Kier molecular flexibility index (Phi) is 6.69. The van der Waals surface area contributed by atoms with Gasteiger partial charge in [0.2, 0.25) is 5.91 Å². The van der Waals surface area contributed by atoms with Gasteiger partial charge < -0.3 is 21.1 Å². The summed E-state index contributed by atoms with van der Waals surface area (Å²) in [5, 5.41) is 10.5. The van der Waals surface area contributed by atoms with E-state index in [-0.39, 0.29) is 48.9 Å². The van der Waals surface area contributed by atoms with Crippen LogP contribution in [0.25, 0.3) is 0 Å². The van der Waals surface area contributed by atoms with Gasteiger partial charge in [-0.2, -0.15) is 18.3 Å². The second kappa shape index (κ2) is 9.12. The van der Waals surface area contributed by atoms with Crippen molar-refractivity contribution in [1.82, 2.24) is 20.0 Å². The Morgan fingerprint density at radius 3 is 2.38 bits per heavy atom. The number of carbonyl (C=O) groups is 2. The molecule has 2 aliphatic carbocycles. The first-order valence-electron chi connectivity index (χ1n) is 11.8. The maximum absolute atomic E-state index is 13.5. The molecule has 0 spiro atoms. The highest BCUT2D eigenvalue weighted by Gasteiger charge is 2.64. The predicted molar refractivity (Wildman–Crippen MR) is 118 cm³/mol.